The highest BCUT2D eigenvalue weighted by molar-refractivity contribution is 5.91. The molecular weight excluding hydrogens is 188 g/mol. The fourth-order valence-corrected chi connectivity index (χ4v) is 1.44. The van der Waals surface area contributed by atoms with Crippen LogP contribution < -0.4 is 11.1 Å². The molecule has 3 heteroatoms. The second-order valence-electron chi connectivity index (χ2n) is 3.84. The minimum atomic E-state index is -0.0242. The van der Waals surface area contributed by atoms with E-state index in [1.54, 1.807) is 0 Å². The van der Waals surface area contributed by atoms with E-state index in [2.05, 4.69) is 18.3 Å². The van der Waals surface area contributed by atoms with Gasteiger partial charge in [0.05, 0.1) is 0 Å². The SMILES string of the molecule is Cc1cc(C)c(NC(=O)CCN)cc1C. The molecule has 0 aliphatic heterocycles. The van der Waals surface area contributed by atoms with Crippen molar-refractivity contribution in [1.29, 1.82) is 0 Å². The van der Waals surface area contributed by atoms with Gasteiger partial charge in [-0.1, -0.05) is 6.07 Å². The van der Waals surface area contributed by atoms with E-state index >= 15 is 0 Å². The Balaban J connectivity index is 2.86. The summed E-state index contributed by atoms with van der Waals surface area (Å²) in [5.41, 5.74) is 9.71. The van der Waals surface area contributed by atoms with Crippen molar-refractivity contribution in [2.24, 2.45) is 5.73 Å². The Morgan fingerprint density at radius 2 is 1.80 bits per heavy atom. The van der Waals surface area contributed by atoms with Gasteiger partial charge in [-0.15, -0.1) is 0 Å². The molecule has 3 nitrogen and oxygen atoms in total. The molecule has 0 saturated carbocycles. The standard InChI is InChI=1S/C12H18N2O/c1-8-6-10(3)11(7-9(8)2)14-12(15)4-5-13/h6-7H,4-5,13H2,1-3H3,(H,14,15). The Kier molecular flexibility index (Phi) is 3.86. The average molecular weight is 206 g/mol. The second-order valence-corrected chi connectivity index (χ2v) is 3.84. The van der Waals surface area contributed by atoms with Gasteiger partial charge in [-0.2, -0.15) is 0 Å². The molecule has 1 rings (SSSR count). The minimum Gasteiger partial charge on any atom is -0.330 e. The van der Waals surface area contributed by atoms with Crippen molar-refractivity contribution in [2.45, 2.75) is 27.2 Å². The highest BCUT2D eigenvalue weighted by Gasteiger charge is 2.05. The van der Waals surface area contributed by atoms with Crippen LogP contribution in [0.25, 0.3) is 0 Å². The smallest absolute Gasteiger partial charge is 0.225 e. The molecule has 1 amide bonds. The largest absolute Gasteiger partial charge is 0.330 e. The summed E-state index contributed by atoms with van der Waals surface area (Å²) in [6.07, 6.45) is 0.367. The molecule has 0 aromatic heterocycles. The summed E-state index contributed by atoms with van der Waals surface area (Å²) in [7, 11) is 0. The lowest BCUT2D eigenvalue weighted by atomic mass is 10.0. The zero-order chi connectivity index (χ0) is 11.4. The Morgan fingerprint density at radius 3 is 2.40 bits per heavy atom. The highest BCUT2D eigenvalue weighted by Crippen LogP contribution is 2.19. The summed E-state index contributed by atoms with van der Waals surface area (Å²) in [6.45, 7) is 6.47. The zero-order valence-corrected chi connectivity index (χ0v) is 9.55. The van der Waals surface area contributed by atoms with Crippen LogP contribution >= 0.6 is 0 Å². The number of rotatable bonds is 3. The lowest BCUT2D eigenvalue weighted by molar-refractivity contribution is -0.116. The minimum absolute atomic E-state index is 0.0242. The van der Waals surface area contributed by atoms with E-state index in [4.69, 9.17) is 5.73 Å². The fraction of sp³-hybridized carbons (Fsp3) is 0.417. The summed E-state index contributed by atoms with van der Waals surface area (Å²) in [6, 6.07) is 4.08. The van der Waals surface area contributed by atoms with Gasteiger partial charge in [-0.3, -0.25) is 4.79 Å². The molecule has 1 aromatic rings. The third-order valence-corrected chi connectivity index (χ3v) is 2.49. The molecule has 0 aliphatic carbocycles. The van der Waals surface area contributed by atoms with Crippen molar-refractivity contribution in [3.8, 4) is 0 Å². The van der Waals surface area contributed by atoms with Crippen LogP contribution in [0, 0.1) is 20.8 Å². The average Bonchev–Trinajstić information content (AvgIpc) is 2.14. The Bertz CT molecular complexity index is 372. The first-order valence-corrected chi connectivity index (χ1v) is 5.12. The van der Waals surface area contributed by atoms with E-state index in [1.807, 2.05) is 19.9 Å². The van der Waals surface area contributed by atoms with E-state index in [9.17, 15) is 4.79 Å². The third kappa shape index (κ3) is 3.06. The number of amides is 1. The molecule has 1 aromatic carbocycles. The van der Waals surface area contributed by atoms with E-state index in [0.29, 0.717) is 13.0 Å². The zero-order valence-electron chi connectivity index (χ0n) is 9.55. The monoisotopic (exact) mass is 206 g/mol. The predicted octanol–water partition coefficient (Wildman–Crippen LogP) is 1.90. The van der Waals surface area contributed by atoms with E-state index in [0.717, 1.165) is 11.3 Å². The summed E-state index contributed by atoms with van der Waals surface area (Å²) in [5.74, 6) is -0.0242. The number of anilines is 1. The predicted molar refractivity (Wildman–Crippen MR) is 63.0 cm³/mol. The van der Waals surface area contributed by atoms with Crippen molar-refractivity contribution < 1.29 is 4.79 Å². The van der Waals surface area contributed by atoms with Gasteiger partial charge in [0, 0.05) is 18.7 Å². The van der Waals surface area contributed by atoms with Crippen molar-refractivity contribution in [3.63, 3.8) is 0 Å². The van der Waals surface area contributed by atoms with Gasteiger partial charge in [0.2, 0.25) is 5.91 Å². The van der Waals surface area contributed by atoms with Crippen LogP contribution in [0.15, 0.2) is 12.1 Å². The molecule has 0 unspecified atom stereocenters. The number of nitrogens with one attached hydrogen (secondary N) is 1. The summed E-state index contributed by atoms with van der Waals surface area (Å²) < 4.78 is 0. The van der Waals surface area contributed by atoms with Crippen molar-refractivity contribution >= 4 is 11.6 Å². The molecule has 0 saturated heterocycles. The molecule has 0 heterocycles. The Labute approximate surface area is 90.7 Å². The number of benzene rings is 1. The molecule has 0 aliphatic rings. The quantitative estimate of drug-likeness (QED) is 0.793. The van der Waals surface area contributed by atoms with Crippen LogP contribution in [0.2, 0.25) is 0 Å². The fourth-order valence-electron chi connectivity index (χ4n) is 1.44. The topological polar surface area (TPSA) is 55.1 Å². The Morgan fingerprint density at radius 1 is 1.20 bits per heavy atom. The number of hydrogen-bond donors (Lipinski definition) is 2. The molecular formula is C12H18N2O. The van der Waals surface area contributed by atoms with Crippen LogP contribution in [-0.2, 0) is 4.79 Å². The molecule has 82 valence electrons. The highest BCUT2D eigenvalue weighted by atomic mass is 16.1. The lowest BCUT2D eigenvalue weighted by Crippen LogP contribution is -2.16. The normalized spacial score (nSPS) is 10.1. The summed E-state index contributed by atoms with van der Waals surface area (Å²) >= 11 is 0. The maximum atomic E-state index is 11.4. The number of hydrogen-bond acceptors (Lipinski definition) is 2. The van der Waals surface area contributed by atoms with Crippen LogP contribution in [-0.4, -0.2) is 12.5 Å². The van der Waals surface area contributed by atoms with Gasteiger partial charge < -0.3 is 11.1 Å². The summed E-state index contributed by atoms with van der Waals surface area (Å²) in [5, 5.41) is 2.86. The van der Waals surface area contributed by atoms with Crippen LogP contribution in [0.4, 0.5) is 5.69 Å². The van der Waals surface area contributed by atoms with Gasteiger partial charge in [0.15, 0.2) is 0 Å². The van der Waals surface area contributed by atoms with Gasteiger partial charge in [0.1, 0.15) is 0 Å². The van der Waals surface area contributed by atoms with Crippen LogP contribution in [0.3, 0.4) is 0 Å². The van der Waals surface area contributed by atoms with Gasteiger partial charge in [0.25, 0.3) is 0 Å². The van der Waals surface area contributed by atoms with Crippen LogP contribution in [0.1, 0.15) is 23.1 Å². The maximum Gasteiger partial charge on any atom is 0.225 e. The third-order valence-electron chi connectivity index (χ3n) is 2.49. The number of carbonyl (C=O) groups excluding carboxylic acids is 1. The molecule has 0 bridgehead atoms. The first-order chi connectivity index (χ1) is 7.04. The molecule has 0 fully saturated rings. The first kappa shape index (κ1) is 11.7. The summed E-state index contributed by atoms with van der Waals surface area (Å²) in [4.78, 5) is 11.4. The number of aryl methyl sites for hydroxylation is 3. The van der Waals surface area contributed by atoms with Crippen molar-refractivity contribution in [1.82, 2.24) is 0 Å². The van der Waals surface area contributed by atoms with E-state index in [1.165, 1.54) is 11.1 Å². The van der Waals surface area contributed by atoms with Gasteiger partial charge in [-0.25, -0.2) is 0 Å². The molecule has 0 spiro atoms. The molecule has 0 atom stereocenters. The molecule has 3 N–H and O–H groups in total. The Hall–Kier alpha value is -1.35. The molecule has 0 radical (unpaired) electrons. The van der Waals surface area contributed by atoms with E-state index < -0.39 is 0 Å². The van der Waals surface area contributed by atoms with Crippen molar-refractivity contribution in [3.05, 3.63) is 28.8 Å². The van der Waals surface area contributed by atoms with Gasteiger partial charge in [-0.05, 0) is 43.5 Å². The molecule has 15 heavy (non-hydrogen) atoms. The van der Waals surface area contributed by atoms with Gasteiger partial charge >= 0.3 is 0 Å². The van der Waals surface area contributed by atoms with Crippen molar-refractivity contribution in [2.75, 3.05) is 11.9 Å². The number of carbonyl (C=O) groups is 1. The maximum absolute atomic E-state index is 11.4. The van der Waals surface area contributed by atoms with E-state index in [-0.39, 0.29) is 5.91 Å². The number of nitrogens with two attached hydrogens (primary N) is 1. The second kappa shape index (κ2) is 4.94. The van der Waals surface area contributed by atoms with Crippen LogP contribution in [0.5, 0.6) is 0 Å². The first-order valence-electron chi connectivity index (χ1n) is 5.12. The lowest BCUT2D eigenvalue weighted by Gasteiger charge is -2.10.